The van der Waals surface area contributed by atoms with Crippen LogP contribution < -0.4 is 4.74 Å². The van der Waals surface area contributed by atoms with Crippen molar-refractivity contribution in [1.82, 2.24) is 14.8 Å². The smallest absolute Gasteiger partial charge is 0.308 e. The van der Waals surface area contributed by atoms with E-state index in [1.54, 1.807) is 30.6 Å². The van der Waals surface area contributed by atoms with Gasteiger partial charge in [-0.25, -0.2) is 0 Å². The summed E-state index contributed by atoms with van der Waals surface area (Å²) in [6, 6.07) is 6.96. The number of rotatable bonds is 6. The highest BCUT2D eigenvalue weighted by molar-refractivity contribution is 7.99. The fourth-order valence-corrected chi connectivity index (χ4v) is 3.01. The van der Waals surface area contributed by atoms with Crippen LogP contribution in [0.1, 0.15) is 33.3 Å². The number of hydrogen-bond donors (Lipinski definition) is 0. The second kappa shape index (κ2) is 7.61. The van der Waals surface area contributed by atoms with Crippen LogP contribution in [-0.4, -0.2) is 32.3 Å². The zero-order valence-corrected chi connectivity index (χ0v) is 15.1. The van der Waals surface area contributed by atoms with Crippen molar-refractivity contribution >= 4 is 23.5 Å². The zero-order chi connectivity index (χ0) is 17.7. The fourth-order valence-electron chi connectivity index (χ4n) is 2.05. The lowest BCUT2D eigenvalue weighted by molar-refractivity contribution is -0.131. The minimum Gasteiger partial charge on any atom is -0.427 e. The number of ketones is 1. The maximum atomic E-state index is 12.2. The molecule has 0 atom stereocenters. The summed E-state index contributed by atoms with van der Waals surface area (Å²) in [5, 5.41) is 8.74. The largest absolute Gasteiger partial charge is 0.427 e. The zero-order valence-electron chi connectivity index (χ0n) is 14.3. The maximum absolute atomic E-state index is 12.2. The molecule has 0 bridgehead atoms. The van der Waals surface area contributed by atoms with Gasteiger partial charge in [0.05, 0.1) is 5.75 Å². The molecule has 0 spiro atoms. The van der Waals surface area contributed by atoms with Gasteiger partial charge in [0.15, 0.2) is 5.16 Å². The van der Waals surface area contributed by atoms with E-state index in [-0.39, 0.29) is 17.3 Å². The first-order chi connectivity index (χ1) is 11.3. The topological polar surface area (TPSA) is 74.1 Å². The van der Waals surface area contributed by atoms with Gasteiger partial charge < -0.3 is 9.30 Å². The van der Waals surface area contributed by atoms with Crippen molar-refractivity contribution in [2.75, 3.05) is 5.75 Å². The molecular formula is C17H21N3O3S. The monoisotopic (exact) mass is 347 g/mol. The number of carbonyl (C=O) groups is 2. The molecule has 0 saturated carbocycles. The first kappa shape index (κ1) is 18.2. The molecule has 0 aliphatic rings. The second-order valence-electron chi connectivity index (χ2n) is 6.40. The molecule has 0 N–H and O–H groups in total. The molecule has 0 unspecified atom stereocenters. The Hall–Kier alpha value is -2.15. The molecule has 0 saturated heterocycles. The van der Waals surface area contributed by atoms with Gasteiger partial charge in [0, 0.05) is 18.9 Å². The third kappa shape index (κ3) is 5.19. The Morgan fingerprint density at radius 1 is 1.21 bits per heavy atom. The molecule has 0 aliphatic carbocycles. The maximum Gasteiger partial charge on any atom is 0.308 e. The number of hydrogen-bond acceptors (Lipinski definition) is 6. The third-order valence-electron chi connectivity index (χ3n) is 3.19. The molecule has 1 heterocycles. The number of carbonyl (C=O) groups excluding carboxylic acids is 2. The fraction of sp³-hybridized carbons (Fsp3) is 0.412. The second-order valence-corrected chi connectivity index (χ2v) is 7.34. The van der Waals surface area contributed by atoms with Crippen molar-refractivity contribution in [3.8, 4) is 5.75 Å². The number of esters is 1. The average Bonchev–Trinajstić information content (AvgIpc) is 2.95. The van der Waals surface area contributed by atoms with Crippen LogP contribution in [0.3, 0.4) is 0 Å². The molecule has 0 amide bonds. The molecule has 0 aliphatic heterocycles. The number of aromatic nitrogens is 3. The van der Waals surface area contributed by atoms with E-state index in [1.165, 1.54) is 18.7 Å². The van der Waals surface area contributed by atoms with Gasteiger partial charge >= 0.3 is 5.97 Å². The van der Waals surface area contributed by atoms with Crippen LogP contribution in [0.2, 0.25) is 0 Å². The van der Waals surface area contributed by atoms with Crippen molar-refractivity contribution in [1.29, 1.82) is 0 Å². The Kier molecular flexibility index (Phi) is 5.77. The van der Waals surface area contributed by atoms with E-state index in [1.807, 2.05) is 4.57 Å². The third-order valence-corrected chi connectivity index (χ3v) is 4.19. The molecule has 2 rings (SSSR count). The summed E-state index contributed by atoms with van der Waals surface area (Å²) in [6.45, 7) is 7.54. The highest BCUT2D eigenvalue weighted by atomic mass is 32.2. The lowest BCUT2D eigenvalue weighted by Crippen LogP contribution is -2.22. The molecule has 2 aromatic rings. The summed E-state index contributed by atoms with van der Waals surface area (Å²) >= 11 is 1.39. The van der Waals surface area contributed by atoms with Gasteiger partial charge in [0.25, 0.3) is 0 Å². The summed E-state index contributed by atoms with van der Waals surface area (Å²) in [4.78, 5) is 23.0. The van der Waals surface area contributed by atoms with Crippen LogP contribution in [-0.2, 0) is 21.5 Å². The Labute approximate surface area is 145 Å². The summed E-state index contributed by atoms with van der Waals surface area (Å²) in [6.07, 6.45) is 2.01. The van der Waals surface area contributed by atoms with E-state index in [4.69, 9.17) is 4.74 Å². The summed E-state index contributed by atoms with van der Waals surface area (Å²) < 4.78 is 6.93. The summed E-state index contributed by atoms with van der Waals surface area (Å²) in [5.74, 6) is 0.550. The number of ether oxygens (including phenoxy) is 1. The van der Waals surface area contributed by atoms with Crippen molar-refractivity contribution < 1.29 is 14.3 Å². The highest BCUT2D eigenvalue weighted by Gasteiger charge is 2.18. The molecule has 24 heavy (non-hydrogen) atoms. The lowest BCUT2D eigenvalue weighted by atomic mass is 10.1. The van der Waals surface area contributed by atoms with Crippen molar-refractivity contribution in [2.24, 2.45) is 0 Å². The summed E-state index contributed by atoms with van der Waals surface area (Å²) in [7, 11) is 0. The molecule has 0 radical (unpaired) electrons. The Morgan fingerprint density at radius 2 is 1.88 bits per heavy atom. The number of thioether (sulfide) groups is 1. The Balaban J connectivity index is 1.90. The van der Waals surface area contributed by atoms with Crippen molar-refractivity contribution in [2.45, 2.75) is 44.8 Å². The Bertz CT molecular complexity index is 717. The van der Waals surface area contributed by atoms with E-state index in [2.05, 4.69) is 31.0 Å². The standard InChI is InChI=1S/C17H21N3O3S/c1-12(21)23-15-7-5-13(6-8-15)9-14(22)10-24-16-19-18-11-20(16)17(2,3)4/h5-8,11H,9-10H2,1-4H3. The molecule has 0 fully saturated rings. The van der Waals surface area contributed by atoms with E-state index < -0.39 is 0 Å². The van der Waals surface area contributed by atoms with Gasteiger partial charge in [-0.05, 0) is 38.5 Å². The van der Waals surface area contributed by atoms with Crippen molar-refractivity contribution in [3.05, 3.63) is 36.2 Å². The van der Waals surface area contributed by atoms with Crippen molar-refractivity contribution in [3.63, 3.8) is 0 Å². The van der Waals surface area contributed by atoms with Crippen LogP contribution in [0, 0.1) is 0 Å². The van der Waals surface area contributed by atoms with Gasteiger partial charge in [-0.3, -0.25) is 9.59 Å². The molecule has 1 aromatic carbocycles. The first-order valence-electron chi connectivity index (χ1n) is 7.58. The van der Waals surface area contributed by atoms with Gasteiger partial charge in [-0.15, -0.1) is 10.2 Å². The SMILES string of the molecule is CC(=O)Oc1ccc(CC(=O)CSc2nncn2C(C)(C)C)cc1. The molecule has 1 aromatic heterocycles. The van der Waals surface area contributed by atoms with Gasteiger partial charge in [0.2, 0.25) is 0 Å². The van der Waals surface area contributed by atoms with E-state index in [0.29, 0.717) is 17.9 Å². The van der Waals surface area contributed by atoms with Crippen LogP contribution >= 0.6 is 11.8 Å². The van der Waals surface area contributed by atoms with E-state index in [9.17, 15) is 9.59 Å². The average molecular weight is 347 g/mol. The quantitative estimate of drug-likeness (QED) is 0.454. The minimum absolute atomic E-state index is 0.101. The normalized spacial score (nSPS) is 11.3. The highest BCUT2D eigenvalue weighted by Crippen LogP contribution is 2.23. The number of benzene rings is 1. The number of nitrogens with zero attached hydrogens (tertiary/aromatic N) is 3. The predicted molar refractivity (Wildman–Crippen MR) is 92.2 cm³/mol. The predicted octanol–water partition coefficient (Wildman–Crippen LogP) is 2.86. The van der Waals surface area contributed by atoms with E-state index >= 15 is 0 Å². The molecule has 6 nitrogen and oxygen atoms in total. The van der Waals surface area contributed by atoms with E-state index in [0.717, 1.165) is 10.7 Å². The summed E-state index contributed by atoms with van der Waals surface area (Å²) in [5.41, 5.74) is 0.760. The van der Waals surface area contributed by atoms with Crippen LogP contribution in [0.15, 0.2) is 35.7 Å². The first-order valence-corrected chi connectivity index (χ1v) is 8.56. The van der Waals surface area contributed by atoms with Crippen LogP contribution in [0.25, 0.3) is 0 Å². The molecular weight excluding hydrogens is 326 g/mol. The Morgan fingerprint density at radius 3 is 2.46 bits per heavy atom. The van der Waals surface area contributed by atoms with Gasteiger partial charge in [-0.2, -0.15) is 0 Å². The molecule has 128 valence electrons. The van der Waals surface area contributed by atoms with Crippen LogP contribution in [0.5, 0.6) is 5.75 Å². The molecule has 7 heteroatoms. The van der Waals surface area contributed by atoms with Crippen LogP contribution in [0.4, 0.5) is 0 Å². The number of Topliss-reactive ketones (excluding diaryl/α,β-unsaturated/α-hetero) is 1. The lowest BCUT2D eigenvalue weighted by Gasteiger charge is -2.21. The minimum atomic E-state index is -0.363. The van der Waals surface area contributed by atoms with Gasteiger partial charge in [0.1, 0.15) is 17.9 Å². The van der Waals surface area contributed by atoms with Gasteiger partial charge in [-0.1, -0.05) is 23.9 Å².